The summed E-state index contributed by atoms with van der Waals surface area (Å²) in [6, 6.07) is 4.63. The van der Waals surface area contributed by atoms with Crippen molar-refractivity contribution in [3.63, 3.8) is 0 Å². The van der Waals surface area contributed by atoms with Crippen LogP contribution >= 0.6 is 0 Å². The fourth-order valence-corrected chi connectivity index (χ4v) is 2.00. The lowest BCUT2D eigenvalue weighted by Crippen LogP contribution is -2.32. The minimum absolute atomic E-state index is 0.311. The van der Waals surface area contributed by atoms with Crippen LogP contribution in [-0.4, -0.2) is 21.4 Å². The Labute approximate surface area is 97.1 Å². The van der Waals surface area contributed by atoms with Gasteiger partial charge >= 0.3 is 0 Å². The van der Waals surface area contributed by atoms with Gasteiger partial charge in [-0.25, -0.2) is 0 Å². The van der Waals surface area contributed by atoms with E-state index in [9.17, 15) is 4.79 Å². The minimum atomic E-state index is 0.311. The lowest BCUT2D eigenvalue weighted by molar-refractivity contribution is -0.132. The van der Waals surface area contributed by atoms with Crippen LogP contribution in [0.1, 0.15) is 38.3 Å². The van der Waals surface area contributed by atoms with Crippen molar-refractivity contribution in [3.8, 4) is 0 Å². The van der Waals surface area contributed by atoms with Gasteiger partial charge in [0.05, 0.1) is 6.54 Å². The molecule has 1 aliphatic carbocycles. The normalized spacial score (nSPS) is 15.1. The predicted octanol–water partition coefficient (Wildman–Crippen LogP) is 2.32. The summed E-state index contributed by atoms with van der Waals surface area (Å²) in [5.41, 5.74) is 1.22. The zero-order valence-electron chi connectivity index (χ0n) is 10.1. The van der Waals surface area contributed by atoms with Gasteiger partial charge in [0.15, 0.2) is 0 Å². The minimum Gasteiger partial charge on any atom is -0.353 e. The molecule has 1 amide bonds. The van der Waals surface area contributed by atoms with E-state index in [1.165, 1.54) is 18.5 Å². The van der Waals surface area contributed by atoms with Crippen molar-refractivity contribution in [1.29, 1.82) is 0 Å². The van der Waals surface area contributed by atoms with Gasteiger partial charge < -0.3 is 9.47 Å². The molecule has 0 aromatic carbocycles. The monoisotopic (exact) mass is 220 g/mol. The van der Waals surface area contributed by atoms with E-state index in [2.05, 4.69) is 22.5 Å². The molecule has 0 spiro atoms. The number of hydrogen-bond acceptors (Lipinski definition) is 1. The van der Waals surface area contributed by atoms with Crippen LogP contribution in [0.25, 0.3) is 0 Å². The van der Waals surface area contributed by atoms with Crippen LogP contribution in [0.5, 0.6) is 0 Å². The number of nitrogens with zero attached hydrogens (tertiary/aromatic N) is 2. The van der Waals surface area contributed by atoms with Crippen molar-refractivity contribution >= 4 is 5.91 Å². The van der Waals surface area contributed by atoms with Gasteiger partial charge in [-0.3, -0.25) is 4.79 Å². The van der Waals surface area contributed by atoms with Crippen LogP contribution in [-0.2, 0) is 18.4 Å². The van der Waals surface area contributed by atoms with Crippen LogP contribution in [0.3, 0.4) is 0 Å². The quantitative estimate of drug-likeness (QED) is 0.747. The standard InChI is InChI=1S/C13H20N2O/c1-3-5-13(16)15(11-7-8-11)10-12-6-4-9-14(12)2/h4,6,9,11H,3,5,7-8,10H2,1-2H3. The Morgan fingerprint density at radius 2 is 2.31 bits per heavy atom. The van der Waals surface area contributed by atoms with E-state index in [1.54, 1.807) is 0 Å². The molecule has 0 aliphatic heterocycles. The smallest absolute Gasteiger partial charge is 0.223 e. The summed E-state index contributed by atoms with van der Waals surface area (Å²) in [5.74, 6) is 0.311. The average molecular weight is 220 g/mol. The second-order valence-corrected chi connectivity index (χ2v) is 4.61. The Kier molecular flexibility index (Phi) is 3.32. The molecule has 0 saturated heterocycles. The third kappa shape index (κ3) is 2.46. The van der Waals surface area contributed by atoms with Gasteiger partial charge in [-0.15, -0.1) is 0 Å². The molecule has 16 heavy (non-hydrogen) atoms. The number of aryl methyl sites for hydroxylation is 1. The van der Waals surface area contributed by atoms with Gasteiger partial charge in [0, 0.05) is 31.4 Å². The summed E-state index contributed by atoms with van der Waals surface area (Å²) < 4.78 is 2.09. The number of rotatable bonds is 5. The number of aromatic nitrogens is 1. The molecule has 1 aromatic rings. The molecule has 3 heteroatoms. The van der Waals surface area contributed by atoms with Crippen LogP contribution in [0.4, 0.5) is 0 Å². The highest BCUT2D eigenvalue weighted by molar-refractivity contribution is 5.76. The molecule has 1 heterocycles. The van der Waals surface area contributed by atoms with E-state index < -0.39 is 0 Å². The van der Waals surface area contributed by atoms with Gasteiger partial charge in [-0.2, -0.15) is 0 Å². The van der Waals surface area contributed by atoms with Crippen LogP contribution in [0.15, 0.2) is 18.3 Å². The maximum atomic E-state index is 12.0. The van der Waals surface area contributed by atoms with Gasteiger partial charge in [-0.1, -0.05) is 6.92 Å². The summed E-state index contributed by atoms with van der Waals surface area (Å²) in [6.45, 7) is 2.83. The lowest BCUT2D eigenvalue weighted by atomic mass is 10.2. The van der Waals surface area contributed by atoms with Crippen LogP contribution < -0.4 is 0 Å². The number of amides is 1. The van der Waals surface area contributed by atoms with Crippen molar-refractivity contribution in [3.05, 3.63) is 24.0 Å². The summed E-state index contributed by atoms with van der Waals surface area (Å²) in [6.07, 6.45) is 6.01. The zero-order valence-corrected chi connectivity index (χ0v) is 10.1. The highest BCUT2D eigenvalue weighted by Crippen LogP contribution is 2.29. The molecule has 2 rings (SSSR count). The largest absolute Gasteiger partial charge is 0.353 e. The maximum Gasteiger partial charge on any atom is 0.223 e. The van der Waals surface area contributed by atoms with E-state index in [0.29, 0.717) is 18.4 Å². The van der Waals surface area contributed by atoms with Crippen molar-refractivity contribution in [2.75, 3.05) is 0 Å². The summed E-state index contributed by atoms with van der Waals surface area (Å²) >= 11 is 0. The molecule has 0 unspecified atom stereocenters. The molecular weight excluding hydrogens is 200 g/mol. The average Bonchev–Trinajstić information content (AvgIpc) is 3.00. The van der Waals surface area contributed by atoms with Gasteiger partial charge in [0.1, 0.15) is 0 Å². The van der Waals surface area contributed by atoms with Crippen LogP contribution in [0, 0.1) is 0 Å². The lowest BCUT2D eigenvalue weighted by Gasteiger charge is -2.22. The molecule has 1 aliphatic rings. The molecule has 1 aromatic heterocycles. The summed E-state index contributed by atoms with van der Waals surface area (Å²) in [7, 11) is 2.03. The SMILES string of the molecule is CCCC(=O)N(Cc1cccn1C)C1CC1. The Hall–Kier alpha value is -1.25. The van der Waals surface area contributed by atoms with Crippen molar-refractivity contribution in [2.45, 2.75) is 45.2 Å². The fourth-order valence-electron chi connectivity index (χ4n) is 2.00. The van der Waals surface area contributed by atoms with Gasteiger partial charge in [-0.05, 0) is 31.4 Å². The first-order valence-corrected chi connectivity index (χ1v) is 6.12. The fraction of sp³-hybridized carbons (Fsp3) is 0.615. The third-order valence-electron chi connectivity index (χ3n) is 3.16. The number of carbonyl (C=O) groups excluding carboxylic acids is 1. The van der Waals surface area contributed by atoms with Crippen molar-refractivity contribution in [2.24, 2.45) is 7.05 Å². The van der Waals surface area contributed by atoms with Gasteiger partial charge in [0.25, 0.3) is 0 Å². The highest BCUT2D eigenvalue weighted by Gasteiger charge is 2.32. The topological polar surface area (TPSA) is 25.2 Å². The molecule has 0 bridgehead atoms. The second-order valence-electron chi connectivity index (χ2n) is 4.61. The van der Waals surface area contributed by atoms with Gasteiger partial charge in [0.2, 0.25) is 5.91 Å². The second kappa shape index (κ2) is 4.73. The van der Waals surface area contributed by atoms with E-state index in [1.807, 2.05) is 19.3 Å². The first kappa shape index (κ1) is 11.2. The Balaban J connectivity index is 2.03. The van der Waals surface area contributed by atoms with Crippen LogP contribution in [0.2, 0.25) is 0 Å². The molecule has 88 valence electrons. The Morgan fingerprint density at radius 3 is 2.81 bits per heavy atom. The predicted molar refractivity (Wildman–Crippen MR) is 63.9 cm³/mol. The van der Waals surface area contributed by atoms with E-state index in [-0.39, 0.29) is 0 Å². The molecule has 0 atom stereocenters. The van der Waals surface area contributed by atoms with E-state index in [4.69, 9.17) is 0 Å². The first-order valence-electron chi connectivity index (χ1n) is 6.12. The summed E-state index contributed by atoms with van der Waals surface area (Å²) in [5, 5.41) is 0. The Morgan fingerprint density at radius 1 is 1.56 bits per heavy atom. The molecule has 1 saturated carbocycles. The Bertz CT molecular complexity index is 366. The molecule has 0 N–H and O–H groups in total. The number of carbonyl (C=O) groups is 1. The maximum absolute atomic E-state index is 12.0. The highest BCUT2D eigenvalue weighted by atomic mass is 16.2. The summed E-state index contributed by atoms with van der Waals surface area (Å²) in [4.78, 5) is 14.0. The van der Waals surface area contributed by atoms with E-state index >= 15 is 0 Å². The zero-order chi connectivity index (χ0) is 11.5. The van der Waals surface area contributed by atoms with E-state index in [0.717, 1.165) is 13.0 Å². The molecule has 1 fully saturated rings. The first-order chi connectivity index (χ1) is 7.72. The third-order valence-corrected chi connectivity index (χ3v) is 3.16. The number of hydrogen-bond donors (Lipinski definition) is 0. The van der Waals surface area contributed by atoms with Crippen molar-refractivity contribution in [1.82, 2.24) is 9.47 Å². The molecule has 0 radical (unpaired) electrons. The molecule has 3 nitrogen and oxygen atoms in total. The van der Waals surface area contributed by atoms with Crippen molar-refractivity contribution < 1.29 is 4.79 Å². The molecular formula is C13H20N2O.